The minimum atomic E-state index is 0.0464. The first-order chi connectivity index (χ1) is 9.66. The number of ether oxygens (including phenoxy) is 2. The molecule has 20 heavy (non-hydrogen) atoms. The highest BCUT2D eigenvalue weighted by Gasteiger charge is 2.26. The van der Waals surface area contributed by atoms with Crippen molar-refractivity contribution in [2.24, 2.45) is 5.92 Å². The summed E-state index contributed by atoms with van der Waals surface area (Å²) in [4.78, 5) is 14.0. The lowest BCUT2D eigenvalue weighted by atomic mass is 9.94. The maximum Gasteiger partial charge on any atom is 0.317 e. The Morgan fingerprint density at radius 1 is 1.40 bits per heavy atom. The fourth-order valence-corrected chi connectivity index (χ4v) is 3.03. The third-order valence-corrected chi connectivity index (χ3v) is 4.25. The number of amides is 2. The lowest BCUT2D eigenvalue weighted by Crippen LogP contribution is -2.49. The second-order valence-corrected chi connectivity index (χ2v) is 6.11. The number of carbonyl (C=O) groups is 1. The minimum absolute atomic E-state index is 0.0464. The maximum atomic E-state index is 12.1. The van der Waals surface area contributed by atoms with Crippen LogP contribution in [0, 0.1) is 5.92 Å². The molecule has 0 unspecified atom stereocenters. The maximum absolute atomic E-state index is 12.1. The van der Waals surface area contributed by atoms with Crippen molar-refractivity contribution >= 4 is 6.03 Å². The lowest BCUT2D eigenvalue weighted by Gasteiger charge is -2.36. The molecular weight excluding hydrogens is 256 g/mol. The molecule has 2 heterocycles. The normalized spacial score (nSPS) is 30.5. The summed E-state index contributed by atoms with van der Waals surface area (Å²) in [5, 5.41) is 2.94. The number of nitrogens with one attached hydrogen (secondary N) is 1. The SMILES string of the molecule is C[C@@H]1CCN(C(=O)NCCOC[C@H]2CCCO2)[C@@H](C)C1. The predicted octanol–water partition coefficient (Wildman–Crippen LogP) is 2.01. The zero-order valence-electron chi connectivity index (χ0n) is 12.8. The van der Waals surface area contributed by atoms with Gasteiger partial charge in [-0.25, -0.2) is 4.79 Å². The second-order valence-electron chi connectivity index (χ2n) is 6.11. The molecule has 2 aliphatic heterocycles. The van der Waals surface area contributed by atoms with Crippen molar-refractivity contribution < 1.29 is 14.3 Å². The molecule has 2 saturated heterocycles. The number of likely N-dealkylation sites (tertiary alicyclic amines) is 1. The number of carbonyl (C=O) groups excluding carboxylic acids is 1. The Balaban J connectivity index is 1.55. The topological polar surface area (TPSA) is 50.8 Å². The Hall–Kier alpha value is -0.810. The van der Waals surface area contributed by atoms with Crippen LogP contribution in [0.15, 0.2) is 0 Å². The molecule has 0 bridgehead atoms. The van der Waals surface area contributed by atoms with Gasteiger partial charge in [0.1, 0.15) is 0 Å². The van der Waals surface area contributed by atoms with Crippen molar-refractivity contribution in [1.82, 2.24) is 10.2 Å². The molecule has 0 radical (unpaired) electrons. The first kappa shape index (κ1) is 15.6. The highest BCUT2D eigenvalue weighted by molar-refractivity contribution is 5.74. The smallest absolute Gasteiger partial charge is 0.317 e. The summed E-state index contributed by atoms with van der Waals surface area (Å²) in [5.74, 6) is 0.726. The number of nitrogens with zero attached hydrogens (tertiary/aromatic N) is 1. The third-order valence-electron chi connectivity index (χ3n) is 4.25. The number of hydrogen-bond donors (Lipinski definition) is 1. The van der Waals surface area contributed by atoms with Crippen LogP contribution < -0.4 is 5.32 Å². The molecule has 5 heteroatoms. The Morgan fingerprint density at radius 2 is 2.25 bits per heavy atom. The van der Waals surface area contributed by atoms with Crippen LogP contribution in [0.2, 0.25) is 0 Å². The molecule has 2 aliphatic rings. The van der Waals surface area contributed by atoms with Crippen molar-refractivity contribution in [2.75, 3.05) is 32.9 Å². The predicted molar refractivity (Wildman–Crippen MR) is 77.8 cm³/mol. The van der Waals surface area contributed by atoms with E-state index in [1.54, 1.807) is 0 Å². The van der Waals surface area contributed by atoms with E-state index in [1.807, 2.05) is 4.90 Å². The van der Waals surface area contributed by atoms with Crippen LogP contribution in [0.25, 0.3) is 0 Å². The van der Waals surface area contributed by atoms with Crippen molar-refractivity contribution in [3.05, 3.63) is 0 Å². The Bertz CT molecular complexity index is 305. The molecule has 0 aliphatic carbocycles. The van der Waals surface area contributed by atoms with Gasteiger partial charge in [0.05, 0.1) is 19.3 Å². The molecule has 2 amide bonds. The average Bonchev–Trinajstić information content (AvgIpc) is 2.91. The van der Waals surface area contributed by atoms with Crippen molar-refractivity contribution in [3.63, 3.8) is 0 Å². The first-order valence-corrected chi connectivity index (χ1v) is 7.90. The van der Waals surface area contributed by atoms with Crippen molar-refractivity contribution in [2.45, 2.75) is 51.7 Å². The van der Waals surface area contributed by atoms with Gasteiger partial charge in [0.25, 0.3) is 0 Å². The summed E-state index contributed by atoms with van der Waals surface area (Å²) in [7, 11) is 0. The van der Waals surface area contributed by atoms with Crippen LogP contribution in [0.1, 0.15) is 39.5 Å². The van der Waals surface area contributed by atoms with Crippen LogP contribution in [0.5, 0.6) is 0 Å². The van der Waals surface area contributed by atoms with E-state index in [4.69, 9.17) is 9.47 Å². The Labute approximate surface area is 122 Å². The molecule has 0 saturated carbocycles. The van der Waals surface area contributed by atoms with Crippen molar-refractivity contribution in [3.8, 4) is 0 Å². The molecule has 1 N–H and O–H groups in total. The fraction of sp³-hybridized carbons (Fsp3) is 0.933. The molecule has 3 atom stereocenters. The van der Waals surface area contributed by atoms with Crippen molar-refractivity contribution in [1.29, 1.82) is 0 Å². The van der Waals surface area contributed by atoms with E-state index >= 15 is 0 Å². The molecule has 0 aromatic rings. The zero-order chi connectivity index (χ0) is 14.4. The van der Waals surface area contributed by atoms with Gasteiger partial charge < -0.3 is 19.7 Å². The van der Waals surface area contributed by atoms with E-state index in [9.17, 15) is 4.79 Å². The number of rotatable bonds is 5. The molecule has 116 valence electrons. The molecule has 2 fully saturated rings. The molecule has 2 rings (SSSR count). The second kappa shape index (κ2) is 7.84. The van der Waals surface area contributed by atoms with Crippen LogP contribution in [-0.4, -0.2) is 56.0 Å². The van der Waals surface area contributed by atoms with E-state index in [0.717, 1.165) is 44.8 Å². The number of urea groups is 1. The van der Waals surface area contributed by atoms with E-state index in [2.05, 4.69) is 19.2 Å². The molecule has 0 spiro atoms. The van der Waals surface area contributed by atoms with E-state index in [0.29, 0.717) is 25.8 Å². The van der Waals surface area contributed by atoms with Gasteiger partial charge in [0, 0.05) is 25.7 Å². The molecular formula is C15H28N2O3. The van der Waals surface area contributed by atoms with Crippen LogP contribution >= 0.6 is 0 Å². The van der Waals surface area contributed by atoms with Gasteiger partial charge in [-0.1, -0.05) is 6.92 Å². The van der Waals surface area contributed by atoms with Gasteiger partial charge in [-0.3, -0.25) is 0 Å². The average molecular weight is 284 g/mol. The largest absolute Gasteiger partial charge is 0.377 e. The minimum Gasteiger partial charge on any atom is -0.377 e. The number of hydrogen-bond acceptors (Lipinski definition) is 3. The standard InChI is InChI=1S/C15H28N2O3/c1-12-5-7-17(13(2)10-12)15(18)16-6-9-19-11-14-4-3-8-20-14/h12-14H,3-11H2,1-2H3,(H,16,18)/t12-,13+,14-/m1/s1. The summed E-state index contributed by atoms with van der Waals surface area (Å²) in [6.45, 7) is 7.89. The van der Waals surface area contributed by atoms with Gasteiger partial charge in [0.2, 0.25) is 0 Å². The summed E-state index contributed by atoms with van der Waals surface area (Å²) in [6, 6.07) is 0.386. The van der Waals surface area contributed by atoms with E-state index in [1.165, 1.54) is 0 Å². The monoisotopic (exact) mass is 284 g/mol. The highest BCUT2D eigenvalue weighted by atomic mass is 16.5. The van der Waals surface area contributed by atoms with Crippen LogP contribution in [0.3, 0.4) is 0 Å². The fourth-order valence-electron chi connectivity index (χ4n) is 3.03. The molecule has 0 aromatic carbocycles. The van der Waals surface area contributed by atoms with Gasteiger partial charge in [-0.05, 0) is 38.5 Å². The van der Waals surface area contributed by atoms with Crippen LogP contribution in [-0.2, 0) is 9.47 Å². The van der Waals surface area contributed by atoms with Gasteiger partial charge in [-0.2, -0.15) is 0 Å². The Morgan fingerprint density at radius 3 is 2.95 bits per heavy atom. The van der Waals surface area contributed by atoms with Gasteiger partial charge in [0.15, 0.2) is 0 Å². The summed E-state index contributed by atoms with van der Waals surface area (Å²) in [5.41, 5.74) is 0. The van der Waals surface area contributed by atoms with Crippen LogP contribution in [0.4, 0.5) is 4.79 Å². The van der Waals surface area contributed by atoms with Gasteiger partial charge >= 0.3 is 6.03 Å². The lowest BCUT2D eigenvalue weighted by molar-refractivity contribution is 0.0184. The summed E-state index contributed by atoms with van der Waals surface area (Å²) < 4.78 is 11.0. The van der Waals surface area contributed by atoms with E-state index < -0.39 is 0 Å². The first-order valence-electron chi connectivity index (χ1n) is 7.90. The van der Waals surface area contributed by atoms with E-state index in [-0.39, 0.29) is 12.1 Å². The molecule has 0 aromatic heterocycles. The molecule has 5 nitrogen and oxygen atoms in total. The Kier molecular flexibility index (Phi) is 6.10. The quantitative estimate of drug-likeness (QED) is 0.786. The number of piperidine rings is 1. The summed E-state index contributed by atoms with van der Waals surface area (Å²) in [6.07, 6.45) is 4.69. The third kappa shape index (κ3) is 4.63. The zero-order valence-corrected chi connectivity index (χ0v) is 12.8. The van der Waals surface area contributed by atoms with Gasteiger partial charge in [-0.15, -0.1) is 0 Å². The summed E-state index contributed by atoms with van der Waals surface area (Å²) >= 11 is 0. The highest BCUT2D eigenvalue weighted by Crippen LogP contribution is 2.21.